The standard InChI is InChI=1S/C28H33NO2.ClH/c1-3-5-17-28(18-6-4-2)19-16-23-24(27(28)30)11-9-13-26(23)31-20-22-15-14-21-10-7-8-12-25(21)29-22;/h7-15H,3-6,16-20H2,1-2H3;1H. The summed E-state index contributed by atoms with van der Waals surface area (Å²) in [4.78, 5) is 18.4. The lowest BCUT2D eigenvalue weighted by Gasteiger charge is -2.37. The minimum Gasteiger partial charge on any atom is -0.487 e. The topological polar surface area (TPSA) is 39.2 Å². The van der Waals surface area contributed by atoms with Gasteiger partial charge in [-0.25, -0.2) is 4.98 Å². The second-order valence-electron chi connectivity index (χ2n) is 8.88. The predicted molar refractivity (Wildman–Crippen MR) is 134 cm³/mol. The fourth-order valence-corrected chi connectivity index (χ4v) is 4.91. The number of hydrogen-bond donors (Lipinski definition) is 0. The number of hydrogen-bond acceptors (Lipinski definition) is 3. The first-order chi connectivity index (χ1) is 15.2. The van der Waals surface area contributed by atoms with Crippen LogP contribution in [0.4, 0.5) is 0 Å². The van der Waals surface area contributed by atoms with Gasteiger partial charge in [0.1, 0.15) is 12.4 Å². The highest BCUT2D eigenvalue weighted by Crippen LogP contribution is 2.45. The van der Waals surface area contributed by atoms with Crippen LogP contribution in [-0.4, -0.2) is 10.8 Å². The molecule has 1 aromatic heterocycles. The zero-order valence-corrected chi connectivity index (χ0v) is 20.0. The summed E-state index contributed by atoms with van der Waals surface area (Å²) in [5.74, 6) is 1.17. The number of ether oxygens (including phenoxy) is 1. The summed E-state index contributed by atoms with van der Waals surface area (Å²) in [6, 6.07) is 18.2. The van der Waals surface area contributed by atoms with Crippen LogP contribution in [0.2, 0.25) is 0 Å². The van der Waals surface area contributed by atoms with Crippen molar-refractivity contribution in [3.8, 4) is 5.75 Å². The molecule has 0 unspecified atom stereocenters. The molecule has 0 N–H and O–H groups in total. The van der Waals surface area contributed by atoms with Gasteiger partial charge in [0.2, 0.25) is 0 Å². The zero-order valence-electron chi connectivity index (χ0n) is 19.2. The molecule has 1 aliphatic carbocycles. The third kappa shape index (κ3) is 4.99. The normalized spacial score (nSPS) is 14.6. The number of para-hydroxylation sites is 1. The minimum absolute atomic E-state index is 0. The van der Waals surface area contributed by atoms with Crippen molar-refractivity contribution in [2.45, 2.75) is 71.8 Å². The maximum Gasteiger partial charge on any atom is 0.169 e. The summed E-state index contributed by atoms with van der Waals surface area (Å²) < 4.78 is 6.20. The highest BCUT2D eigenvalue weighted by molar-refractivity contribution is 6.03. The fourth-order valence-electron chi connectivity index (χ4n) is 4.91. The van der Waals surface area contributed by atoms with Gasteiger partial charge in [-0.1, -0.05) is 75.9 Å². The average Bonchev–Trinajstić information content (AvgIpc) is 2.82. The van der Waals surface area contributed by atoms with Crippen molar-refractivity contribution in [1.82, 2.24) is 4.98 Å². The SMILES string of the molecule is CCCCC1(CCCC)CCc2c(OCc3ccc4ccccc4n3)cccc2C1=O.Cl. The van der Waals surface area contributed by atoms with Crippen LogP contribution >= 0.6 is 12.4 Å². The van der Waals surface area contributed by atoms with Gasteiger partial charge in [0, 0.05) is 21.9 Å². The monoisotopic (exact) mass is 451 g/mol. The van der Waals surface area contributed by atoms with Crippen molar-refractivity contribution < 1.29 is 9.53 Å². The Hall–Kier alpha value is -2.39. The van der Waals surface area contributed by atoms with E-state index in [4.69, 9.17) is 9.72 Å². The largest absolute Gasteiger partial charge is 0.487 e. The Kier molecular flexibility index (Phi) is 8.31. The molecular formula is C28H34ClNO2. The van der Waals surface area contributed by atoms with E-state index in [-0.39, 0.29) is 17.8 Å². The van der Waals surface area contributed by atoms with E-state index in [0.717, 1.165) is 84.8 Å². The Morgan fingerprint density at radius 3 is 2.44 bits per heavy atom. The van der Waals surface area contributed by atoms with Gasteiger partial charge < -0.3 is 4.74 Å². The first-order valence-corrected chi connectivity index (χ1v) is 11.8. The number of carbonyl (C=O) groups excluding carboxylic acids is 1. The second-order valence-corrected chi connectivity index (χ2v) is 8.88. The molecule has 0 amide bonds. The molecule has 0 fully saturated rings. The number of benzene rings is 2. The number of rotatable bonds is 9. The van der Waals surface area contributed by atoms with Crippen molar-refractivity contribution in [1.29, 1.82) is 0 Å². The van der Waals surface area contributed by atoms with Gasteiger partial charge in [-0.3, -0.25) is 4.79 Å². The Morgan fingerprint density at radius 2 is 1.69 bits per heavy atom. The summed E-state index contributed by atoms with van der Waals surface area (Å²) in [5, 5.41) is 1.13. The molecule has 3 aromatic rings. The van der Waals surface area contributed by atoms with Crippen LogP contribution in [0.1, 0.15) is 80.4 Å². The maximum absolute atomic E-state index is 13.7. The Labute approximate surface area is 198 Å². The smallest absolute Gasteiger partial charge is 0.169 e. The quantitative estimate of drug-likeness (QED) is 0.334. The Morgan fingerprint density at radius 1 is 0.938 bits per heavy atom. The third-order valence-electron chi connectivity index (χ3n) is 6.76. The van der Waals surface area contributed by atoms with E-state index in [1.54, 1.807) is 0 Å². The molecule has 0 aliphatic heterocycles. The molecule has 0 radical (unpaired) electrons. The third-order valence-corrected chi connectivity index (χ3v) is 6.76. The fraction of sp³-hybridized carbons (Fsp3) is 0.429. The Balaban J connectivity index is 0.00000289. The lowest BCUT2D eigenvalue weighted by molar-refractivity contribution is 0.0705. The van der Waals surface area contributed by atoms with Crippen molar-refractivity contribution in [3.05, 3.63) is 71.4 Å². The number of fused-ring (bicyclic) bond motifs is 2. The van der Waals surface area contributed by atoms with Gasteiger partial charge in [0.25, 0.3) is 0 Å². The van der Waals surface area contributed by atoms with Crippen LogP contribution < -0.4 is 4.74 Å². The van der Waals surface area contributed by atoms with Crippen LogP contribution in [0.25, 0.3) is 10.9 Å². The summed E-state index contributed by atoms with van der Waals surface area (Å²) in [6.45, 7) is 4.83. The molecule has 170 valence electrons. The first kappa shape index (κ1) is 24.3. The molecule has 32 heavy (non-hydrogen) atoms. The van der Waals surface area contributed by atoms with E-state index in [2.05, 4.69) is 26.0 Å². The van der Waals surface area contributed by atoms with Gasteiger partial charge in [-0.2, -0.15) is 0 Å². The van der Waals surface area contributed by atoms with E-state index in [1.807, 2.05) is 42.5 Å². The number of Topliss-reactive ketones (excluding diaryl/α,β-unsaturated/α-hetero) is 1. The number of unbranched alkanes of at least 4 members (excludes halogenated alkanes) is 2. The lowest BCUT2D eigenvalue weighted by Crippen LogP contribution is -2.36. The van der Waals surface area contributed by atoms with Crippen LogP contribution in [0.15, 0.2) is 54.6 Å². The molecule has 3 nitrogen and oxygen atoms in total. The van der Waals surface area contributed by atoms with Crippen LogP contribution in [0.3, 0.4) is 0 Å². The molecule has 4 rings (SSSR count). The number of aromatic nitrogens is 1. The number of pyridine rings is 1. The van der Waals surface area contributed by atoms with Gasteiger partial charge in [0.15, 0.2) is 5.78 Å². The Bertz CT molecular complexity index is 1050. The highest BCUT2D eigenvalue weighted by Gasteiger charge is 2.42. The van der Waals surface area contributed by atoms with Gasteiger partial charge >= 0.3 is 0 Å². The van der Waals surface area contributed by atoms with Crippen molar-refractivity contribution in [2.75, 3.05) is 0 Å². The molecule has 0 bridgehead atoms. The molecule has 0 spiro atoms. The molecule has 0 saturated carbocycles. The molecule has 0 atom stereocenters. The van der Waals surface area contributed by atoms with E-state index in [9.17, 15) is 4.79 Å². The van der Waals surface area contributed by atoms with Gasteiger partial charge in [-0.05, 0) is 43.9 Å². The van der Waals surface area contributed by atoms with E-state index in [0.29, 0.717) is 12.4 Å². The van der Waals surface area contributed by atoms with Gasteiger partial charge in [0.05, 0.1) is 11.2 Å². The zero-order chi connectivity index (χ0) is 21.7. The van der Waals surface area contributed by atoms with Crippen LogP contribution in [-0.2, 0) is 13.0 Å². The van der Waals surface area contributed by atoms with E-state index >= 15 is 0 Å². The molecule has 2 aromatic carbocycles. The maximum atomic E-state index is 13.7. The minimum atomic E-state index is -0.183. The number of nitrogens with zero attached hydrogens (tertiary/aromatic N) is 1. The number of halogens is 1. The predicted octanol–water partition coefficient (Wildman–Crippen LogP) is 7.73. The van der Waals surface area contributed by atoms with E-state index < -0.39 is 0 Å². The van der Waals surface area contributed by atoms with Crippen molar-refractivity contribution in [2.24, 2.45) is 5.41 Å². The summed E-state index contributed by atoms with van der Waals surface area (Å²) in [6.07, 6.45) is 8.38. The molecule has 1 aliphatic rings. The van der Waals surface area contributed by atoms with Crippen LogP contribution in [0, 0.1) is 5.41 Å². The number of ketones is 1. The molecule has 0 saturated heterocycles. The van der Waals surface area contributed by atoms with Crippen molar-refractivity contribution >= 4 is 29.1 Å². The summed E-state index contributed by atoms with van der Waals surface area (Å²) in [5.41, 5.74) is 3.65. The average molecular weight is 452 g/mol. The van der Waals surface area contributed by atoms with Crippen molar-refractivity contribution in [3.63, 3.8) is 0 Å². The molecular weight excluding hydrogens is 418 g/mol. The first-order valence-electron chi connectivity index (χ1n) is 11.8. The molecule has 1 heterocycles. The van der Waals surface area contributed by atoms with E-state index in [1.165, 1.54) is 0 Å². The summed E-state index contributed by atoms with van der Waals surface area (Å²) >= 11 is 0. The van der Waals surface area contributed by atoms with Gasteiger partial charge in [-0.15, -0.1) is 12.4 Å². The number of carbonyl (C=O) groups is 1. The van der Waals surface area contributed by atoms with Crippen LogP contribution in [0.5, 0.6) is 5.75 Å². The lowest BCUT2D eigenvalue weighted by atomic mass is 9.65. The molecule has 4 heteroatoms. The second kappa shape index (κ2) is 11.0. The summed E-state index contributed by atoms with van der Waals surface area (Å²) in [7, 11) is 0. The highest BCUT2D eigenvalue weighted by atomic mass is 35.5.